The Bertz CT molecular complexity index is 441. The van der Waals surface area contributed by atoms with Crippen molar-refractivity contribution in [3.8, 4) is 0 Å². The molecule has 0 bridgehead atoms. The SMILES string of the molecule is CC(C)N1CCCC(NCC2Cc3ccccc32)CC1. The van der Waals surface area contributed by atoms with Gasteiger partial charge in [0, 0.05) is 24.5 Å². The van der Waals surface area contributed by atoms with Crippen LogP contribution < -0.4 is 5.32 Å². The van der Waals surface area contributed by atoms with Crippen molar-refractivity contribution in [3.63, 3.8) is 0 Å². The number of nitrogens with zero attached hydrogens (tertiary/aromatic N) is 1. The lowest BCUT2D eigenvalue weighted by molar-refractivity contribution is 0.229. The average molecular weight is 272 g/mol. The fourth-order valence-corrected chi connectivity index (χ4v) is 3.69. The average Bonchev–Trinajstić information content (AvgIpc) is 2.65. The second-order valence-electron chi connectivity index (χ2n) is 6.77. The van der Waals surface area contributed by atoms with Crippen LogP contribution in [0, 0.1) is 0 Å². The van der Waals surface area contributed by atoms with E-state index in [9.17, 15) is 0 Å². The largest absolute Gasteiger partial charge is 0.313 e. The Morgan fingerprint density at radius 2 is 2.05 bits per heavy atom. The summed E-state index contributed by atoms with van der Waals surface area (Å²) in [4.78, 5) is 2.63. The number of rotatable bonds is 4. The highest BCUT2D eigenvalue weighted by atomic mass is 15.1. The van der Waals surface area contributed by atoms with Crippen LogP contribution in [0.25, 0.3) is 0 Å². The molecule has 1 saturated heterocycles. The molecule has 0 spiro atoms. The van der Waals surface area contributed by atoms with Crippen molar-refractivity contribution in [1.82, 2.24) is 10.2 Å². The summed E-state index contributed by atoms with van der Waals surface area (Å²) < 4.78 is 0. The smallest absolute Gasteiger partial charge is 0.00799 e. The van der Waals surface area contributed by atoms with Crippen LogP contribution in [-0.2, 0) is 6.42 Å². The molecule has 1 N–H and O–H groups in total. The molecule has 2 nitrogen and oxygen atoms in total. The summed E-state index contributed by atoms with van der Waals surface area (Å²) in [6, 6.07) is 10.3. The Morgan fingerprint density at radius 1 is 1.20 bits per heavy atom. The molecule has 20 heavy (non-hydrogen) atoms. The van der Waals surface area contributed by atoms with Crippen LogP contribution in [0.1, 0.15) is 50.2 Å². The number of benzene rings is 1. The third-order valence-electron chi connectivity index (χ3n) is 5.11. The molecule has 0 saturated carbocycles. The summed E-state index contributed by atoms with van der Waals surface area (Å²) in [6.07, 6.45) is 5.27. The lowest BCUT2D eigenvalue weighted by atomic mass is 9.77. The normalized spacial score (nSPS) is 26.9. The number of fused-ring (bicyclic) bond motifs is 1. The predicted molar refractivity (Wildman–Crippen MR) is 85.2 cm³/mol. The maximum absolute atomic E-state index is 3.84. The van der Waals surface area contributed by atoms with E-state index in [0.29, 0.717) is 6.04 Å². The standard InChI is InChI=1S/C18H28N2/c1-14(2)20-10-5-7-17(9-11-20)19-13-16-12-15-6-3-4-8-18(15)16/h3-4,6,8,14,16-17,19H,5,7,9-13H2,1-2H3. The van der Waals surface area contributed by atoms with Gasteiger partial charge < -0.3 is 10.2 Å². The van der Waals surface area contributed by atoms with Crippen molar-refractivity contribution in [2.24, 2.45) is 0 Å². The molecule has 1 fully saturated rings. The molecule has 1 aromatic rings. The van der Waals surface area contributed by atoms with Gasteiger partial charge in [0.1, 0.15) is 0 Å². The van der Waals surface area contributed by atoms with Crippen LogP contribution in [0.4, 0.5) is 0 Å². The molecule has 0 amide bonds. The lowest BCUT2D eigenvalue weighted by Crippen LogP contribution is -2.37. The minimum Gasteiger partial charge on any atom is -0.313 e. The van der Waals surface area contributed by atoms with Gasteiger partial charge in [0.15, 0.2) is 0 Å². The van der Waals surface area contributed by atoms with Crippen molar-refractivity contribution < 1.29 is 0 Å². The van der Waals surface area contributed by atoms with Gasteiger partial charge >= 0.3 is 0 Å². The second-order valence-corrected chi connectivity index (χ2v) is 6.77. The van der Waals surface area contributed by atoms with Crippen molar-refractivity contribution in [3.05, 3.63) is 35.4 Å². The summed E-state index contributed by atoms with van der Waals surface area (Å²) in [6.45, 7) is 8.35. The van der Waals surface area contributed by atoms with E-state index in [1.54, 1.807) is 11.1 Å². The number of hydrogen-bond acceptors (Lipinski definition) is 2. The highest BCUT2D eigenvalue weighted by Gasteiger charge is 2.26. The molecule has 1 aliphatic heterocycles. The van der Waals surface area contributed by atoms with Crippen molar-refractivity contribution in [2.45, 2.75) is 57.5 Å². The van der Waals surface area contributed by atoms with Gasteiger partial charge in [-0.1, -0.05) is 24.3 Å². The molecule has 2 heteroatoms. The topological polar surface area (TPSA) is 15.3 Å². The van der Waals surface area contributed by atoms with Crippen LogP contribution >= 0.6 is 0 Å². The van der Waals surface area contributed by atoms with Crippen molar-refractivity contribution in [2.75, 3.05) is 19.6 Å². The van der Waals surface area contributed by atoms with E-state index >= 15 is 0 Å². The molecule has 2 unspecified atom stereocenters. The van der Waals surface area contributed by atoms with Crippen molar-refractivity contribution >= 4 is 0 Å². The fourth-order valence-electron chi connectivity index (χ4n) is 3.69. The summed E-state index contributed by atoms with van der Waals surface area (Å²) in [7, 11) is 0. The quantitative estimate of drug-likeness (QED) is 0.905. The maximum Gasteiger partial charge on any atom is 0.00799 e. The van der Waals surface area contributed by atoms with Gasteiger partial charge in [-0.15, -0.1) is 0 Å². The molecule has 2 aliphatic rings. The van der Waals surface area contributed by atoms with E-state index in [0.717, 1.165) is 12.0 Å². The van der Waals surface area contributed by atoms with E-state index in [1.165, 1.54) is 45.3 Å². The van der Waals surface area contributed by atoms with Gasteiger partial charge in [-0.2, -0.15) is 0 Å². The Morgan fingerprint density at radius 3 is 2.85 bits per heavy atom. The van der Waals surface area contributed by atoms with Crippen LogP contribution in [0.15, 0.2) is 24.3 Å². The Hall–Kier alpha value is -0.860. The molecule has 0 aromatic heterocycles. The first-order chi connectivity index (χ1) is 9.74. The van der Waals surface area contributed by atoms with Crippen LogP contribution in [0.2, 0.25) is 0 Å². The maximum atomic E-state index is 3.84. The van der Waals surface area contributed by atoms with Gasteiger partial charge in [0.25, 0.3) is 0 Å². The zero-order chi connectivity index (χ0) is 13.9. The first kappa shape index (κ1) is 14.1. The van der Waals surface area contributed by atoms with E-state index < -0.39 is 0 Å². The zero-order valence-corrected chi connectivity index (χ0v) is 12.9. The van der Waals surface area contributed by atoms with Gasteiger partial charge in [0.05, 0.1) is 0 Å². The first-order valence-electron chi connectivity index (χ1n) is 8.29. The Labute approximate surface area is 123 Å². The van der Waals surface area contributed by atoms with Gasteiger partial charge in [-0.25, -0.2) is 0 Å². The van der Waals surface area contributed by atoms with Gasteiger partial charge in [0.2, 0.25) is 0 Å². The number of likely N-dealkylation sites (tertiary alicyclic amines) is 1. The summed E-state index contributed by atoms with van der Waals surface area (Å²) in [5.74, 6) is 0.760. The molecule has 3 rings (SSSR count). The third kappa shape index (κ3) is 3.07. The highest BCUT2D eigenvalue weighted by molar-refractivity contribution is 5.40. The molecular weight excluding hydrogens is 244 g/mol. The molecule has 1 aromatic carbocycles. The third-order valence-corrected chi connectivity index (χ3v) is 5.11. The molecule has 2 atom stereocenters. The van der Waals surface area contributed by atoms with Gasteiger partial charge in [-0.3, -0.25) is 0 Å². The van der Waals surface area contributed by atoms with Crippen molar-refractivity contribution in [1.29, 1.82) is 0 Å². The lowest BCUT2D eigenvalue weighted by Gasteiger charge is -2.32. The zero-order valence-electron chi connectivity index (χ0n) is 12.9. The molecule has 1 aliphatic carbocycles. The fraction of sp³-hybridized carbons (Fsp3) is 0.667. The minimum atomic E-state index is 0.701. The Kier molecular flexibility index (Phi) is 4.42. The minimum absolute atomic E-state index is 0.701. The highest BCUT2D eigenvalue weighted by Crippen LogP contribution is 2.34. The molecule has 0 radical (unpaired) electrons. The van der Waals surface area contributed by atoms with E-state index in [4.69, 9.17) is 0 Å². The number of hydrogen-bond donors (Lipinski definition) is 1. The molecular formula is C18H28N2. The Balaban J connectivity index is 1.46. The first-order valence-corrected chi connectivity index (χ1v) is 8.29. The second kappa shape index (κ2) is 6.28. The van der Waals surface area contributed by atoms with Crippen LogP contribution in [0.3, 0.4) is 0 Å². The van der Waals surface area contributed by atoms with E-state index in [2.05, 4.69) is 48.3 Å². The summed E-state index contributed by atoms with van der Waals surface area (Å²) in [5, 5.41) is 3.84. The summed E-state index contributed by atoms with van der Waals surface area (Å²) in [5.41, 5.74) is 3.14. The van der Waals surface area contributed by atoms with Gasteiger partial charge in [-0.05, 0) is 63.7 Å². The van der Waals surface area contributed by atoms with Crippen LogP contribution in [-0.4, -0.2) is 36.6 Å². The summed E-state index contributed by atoms with van der Waals surface area (Å²) >= 11 is 0. The van der Waals surface area contributed by atoms with Crippen LogP contribution in [0.5, 0.6) is 0 Å². The number of nitrogens with one attached hydrogen (secondary N) is 1. The van der Waals surface area contributed by atoms with E-state index in [1.807, 2.05) is 0 Å². The van der Waals surface area contributed by atoms with E-state index in [-0.39, 0.29) is 0 Å². The molecule has 110 valence electrons. The predicted octanol–water partition coefficient (Wildman–Crippen LogP) is 3.18. The monoisotopic (exact) mass is 272 g/mol. The molecule has 1 heterocycles.